The third kappa shape index (κ3) is 4.37. The zero-order valence-electron chi connectivity index (χ0n) is 11.9. The van der Waals surface area contributed by atoms with Gasteiger partial charge in [0.2, 0.25) is 5.91 Å². The lowest BCUT2D eigenvalue weighted by molar-refractivity contribution is -0.114. The lowest BCUT2D eigenvalue weighted by Gasteiger charge is -2.24. The van der Waals surface area contributed by atoms with Crippen LogP contribution in [0, 0.1) is 6.92 Å². The van der Waals surface area contributed by atoms with Crippen LogP contribution < -0.4 is 10.2 Å². The van der Waals surface area contributed by atoms with E-state index in [2.05, 4.69) is 41.3 Å². The molecule has 1 rings (SSSR count). The molecule has 1 N–H and O–H groups in total. The van der Waals surface area contributed by atoms with Crippen LogP contribution in [0.4, 0.5) is 11.4 Å². The highest BCUT2D eigenvalue weighted by Crippen LogP contribution is 2.26. The summed E-state index contributed by atoms with van der Waals surface area (Å²) in [6, 6.07) is 6.12. The molecule has 0 atom stereocenters. The normalized spacial score (nSPS) is 10.6. The molecule has 100 valence electrons. The maximum atomic E-state index is 11.2. The molecule has 0 radical (unpaired) electrons. The van der Waals surface area contributed by atoms with Gasteiger partial charge < -0.3 is 15.1 Å². The average molecular weight is 249 g/mol. The van der Waals surface area contributed by atoms with Gasteiger partial charge in [-0.1, -0.05) is 6.07 Å². The van der Waals surface area contributed by atoms with Crippen molar-refractivity contribution >= 4 is 17.3 Å². The summed E-state index contributed by atoms with van der Waals surface area (Å²) in [4.78, 5) is 15.5. The highest BCUT2D eigenvalue weighted by molar-refractivity contribution is 5.92. The molecule has 18 heavy (non-hydrogen) atoms. The molecule has 0 aromatic heterocycles. The maximum Gasteiger partial charge on any atom is 0.221 e. The second-order valence-electron chi connectivity index (χ2n) is 4.93. The van der Waals surface area contributed by atoms with Gasteiger partial charge >= 0.3 is 0 Å². The number of anilines is 2. The summed E-state index contributed by atoms with van der Waals surface area (Å²) in [6.07, 6.45) is 0. The van der Waals surface area contributed by atoms with Gasteiger partial charge in [-0.15, -0.1) is 0 Å². The van der Waals surface area contributed by atoms with Crippen molar-refractivity contribution in [2.75, 3.05) is 44.4 Å². The minimum absolute atomic E-state index is 0.0390. The Hall–Kier alpha value is -1.55. The topological polar surface area (TPSA) is 35.6 Å². The molecular formula is C14H23N3O. The smallest absolute Gasteiger partial charge is 0.221 e. The molecule has 0 heterocycles. The Morgan fingerprint density at radius 3 is 2.44 bits per heavy atom. The number of carbonyl (C=O) groups is 1. The molecular weight excluding hydrogens is 226 g/mol. The first-order chi connectivity index (χ1) is 8.40. The summed E-state index contributed by atoms with van der Waals surface area (Å²) < 4.78 is 0. The molecule has 1 aromatic rings. The summed E-state index contributed by atoms with van der Waals surface area (Å²) in [5, 5.41) is 2.89. The van der Waals surface area contributed by atoms with E-state index in [1.807, 2.05) is 20.0 Å². The highest BCUT2D eigenvalue weighted by atomic mass is 16.1. The Morgan fingerprint density at radius 1 is 1.22 bits per heavy atom. The van der Waals surface area contributed by atoms with Crippen molar-refractivity contribution in [1.82, 2.24) is 4.90 Å². The molecule has 4 nitrogen and oxygen atoms in total. The number of likely N-dealkylation sites (N-methyl/N-ethyl adjacent to an activating group) is 2. The molecule has 0 bridgehead atoms. The Bertz CT molecular complexity index is 416. The molecule has 0 aliphatic rings. The monoisotopic (exact) mass is 249 g/mol. The maximum absolute atomic E-state index is 11.2. The lowest BCUT2D eigenvalue weighted by Crippen LogP contribution is -2.29. The van der Waals surface area contributed by atoms with Crippen molar-refractivity contribution in [3.8, 4) is 0 Å². The van der Waals surface area contributed by atoms with E-state index in [4.69, 9.17) is 0 Å². The number of amides is 1. The number of nitrogens with one attached hydrogen (secondary N) is 1. The summed E-state index contributed by atoms with van der Waals surface area (Å²) in [7, 11) is 6.15. The SMILES string of the molecule is CC(=O)Nc1cc(C)ccc1N(C)CCN(C)C. The summed E-state index contributed by atoms with van der Waals surface area (Å²) in [6.45, 7) is 5.45. The van der Waals surface area contributed by atoms with Crippen LogP contribution in [-0.2, 0) is 4.79 Å². The number of benzene rings is 1. The first-order valence-corrected chi connectivity index (χ1v) is 6.14. The van der Waals surface area contributed by atoms with E-state index in [9.17, 15) is 4.79 Å². The van der Waals surface area contributed by atoms with Crippen LogP contribution in [0.15, 0.2) is 18.2 Å². The molecule has 4 heteroatoms. The van der Waals surface area contributed by atoms with Gasteiger partial charge in [-0.25, -0.2) is 0 Å². The first-order valence-electron chi connectivity index (χ1n) is 6.14. The summed E-state index contributed by atoms with van der Waals surface area (Å²) in [5.41, 5.74) is 3.07. The van der Waals surface area contributed by atoms with Crippen LogP contribution in [0.1, 0.15) is 12.5 Å². The van der Waals surface area contributed by atoms with Gasteiger partial charge in [0, 0.05) is 27.1 Å². The number of hydrogen-bond donors (Lipinski definition) is 1. The van der Waals surface area contributed by atoms with Crippen molar-refractivity contribution in [1.29, 1.82) is 0 Å². The predicted octanol–water partition coefficient (Wildman–Crippen LogP) is 1.95. The number of rotatable bonds is 5. The van der Waals surface area contributed by atoms with Gasteiger partial charge in [0.1, 0.15) is 0 Å². The molecule has 0 aliphatic carbocycles. The number of nitrogens with zero attached hydrogens (tertiary/aromatic N) is 2. The lowest BCUT2D eigenvalue weighted by atomic mass is 10.1. The number of aryl methyl sites for hydroxylation is 1. The first kappa shape index (κ1) is 14.5. The molecule has 1 amide bonds. The highest BCUT2D eigenvalue weighted by Gasteiger charge is 2.09. The zero-order chi connectivity index (χ0) is 13.7. The summed E-state index contributed by atoms with van der Waals surface area (Å²) in [5.74, 6) is -0.0390. The molecule has 0 saturated heterocycles. The van der Waals surface area contributed by atoms with E-state index in [-0.39, 0.29) is 5.91 Å². The Kier molecular flexibility index (Phi) is 5.16. The molecule has 1 aromatic carbocycles. The van der Waals surface area contributed by atoms with E-state index in [1.165, 1.54) is 6.92 Å². The van der Waals surface area contributed by atoms with E-state index >= 15 is 0 Å². The largest absolute Gasteiger partial charge is 0.372 e. The van der Waals surface area contributed by atoms with Gasteiger partial charge in [0.15, 0.2) is 0 Å². The van der Waals surface area contributed by atoms with Crippen LogP contribution in [0.25, 0.3) is 0 Å². The third-order valence-electron chi connectivity index (χ3n) is 2.76. The predicted molar refractivity (Wildman–Crippen MR) is 77.3 cm³/mol. The fourth-order valence-electron chi connectivity index (χ4n) is 1.74. The van der Waals surface area contributed by atoms with Crippen LogP contribution in [-0.4, -0.2) is 45.0 Å². The van der Waals surface area contributed by atoms with E-state index in [1.54, 1.807) is 0 Å². The fourth-order valence-corrected chi connectivity index (χ4v) is 1.74. The number of carbonyl (C=O) groups excluding carboxylic acids is 1. The second kappa shape index (κ2) is 6.40. The van der Waals surface area contributed by atoms with Crippen LogP contribution in [0.3, 0.4) is 0 Å². The van der Waals surface area contributed by atoms with Crippen molar-refractivity contribution in [2.24, 2.45) is 0 Å². The van der Waals surface area contributed by atoms with Gasteiger partial charge in [-0.2, -0.15) is 0 Å². The van der Waals surface area contributed by atoms with Crippen LogP contribution in [0.2, 0.25) is 0 Å². The number of hydrogen-bond acceptors (Lipinski definition) is 3. The zero-order valence-corrected chi connectivity index (χ0v) is 11.9. The summed E-state index contributed by atoms with van der Waals surface area (Å²) >= 11 is 0. The molecule has 0 spiro atoms. The minimum Gasteiger partial charge on any atom is -0.372 e. The van der Waals surface area contributed by atoms with E-state index in [0.29, 0.717) is 0 Å². The van der Waals surface area contributed by atoms with Crippen molar-refractivity contribution in [2.45, 2.75) is 13.8 Å². The average Bonchev–Trinajstić information content (AvgIpc) is 2.25. The quantitative estimate of drug-likeness (QED) is 0.866. The van der Waals surface area contributed by atoms with E-state index < -0.39 is 0 Å². The van der Waals surface area contributed by atoms with Gasteiger partial charge in [0.25, 0.3) is 0 Å². The van der Waals surface area contributed by atoms with Gasteiger partial charge in [0.05, 0.1) is 11.4 Å². The van der Waals surface area contributed by atoms with Crippen molar-refractivity contribution in [3.63, 3.8) is 0 Å². The third-order valence-corrected chi connectivity index (χ3v) is 2.76. The molecule has 0 aliphatic heterocycles. The van der Waals surface area contributed by atoms with E-state index in [0.717, 1.165) is 30.0 Å². The van der Waals surface area contributed by atoms with Crippen LogP contribution in [0.5, 0.6) is 0 Å². The Morgan fingerprint density at radius 2 is 1.89 bits per heavy atom. The molecule has 0 fully saturated rings. The second-order valence-corrected chi connectivity index (χ2v) is 4.93. The van der Waals surface area contributed by atoms with Gasteiger partial charge in [-0.05, 0) is 38.7 Å². The van der Waals surface area contributed by atoms with Crippen LogP contribution >= 0.6 is 0 Å². The van der Waals surface area contributed by atoms with Gasteiger partial charge in [-0.3, -0.25) is 4.79 Å². The Balaban J connectivity index is 2.88. The fraction of sp³-hybridized carbons (Fsp3) is 0.500. The standard InChI is InChI=1S/C14H23N3O/c1-11-6-7-14(13(10-11)15-12(2)18)17(5)9-8-16(3)4/h6-7,10H,8-9H2,1-5H3,(H,15,18). The van der Waals surface area contributed by atoms with Crippen molar-refractivity contribution in [3.05, 3.63) is 23.8 Å². The van der Waals surface area contributed by atoms with Crippen molar-refractivity contribution < 1.29 is 4.79 Å². The molecule has 0 unspecified atom stereocenters. The Labute approximate surface area is 110 Å². The minimum atomic E-state index is -0.0390. The molecule has 0 saturated carbocycles.